The third-order valence-corrected chi connectivity index (χ3v) is 6.11. The summed E-state index contributed by atoms with van der Waals surface area (Å²) in [5.74, 6) is 0. The smallest absolute Gasteiger partial charge is 0.133 e. The number of quaternary nitrogens is 1. The highest BCUT2D eigenvalue weighted by molar-refractivity contribution is 6.05. The van der Waals surface area contributed by atoms with Crippen LogP contribution < -0.4 is 4.48 Å². The van der Waals surface area contributed by atoms with Gasteiger partial charge in [0.2, 0.25) is 0 Å². The van der Waals surface area contributed by atoms with E-state index in [9.17, 15) is 0 Å². The Balaban J connectivity index is 1.96. The van der Waals surface area contributed by atoms with Crippen molar-refractivity contribution in [2.75, 3.05) is 21.1 Å². The Kier molecular flexibility index (Phi) is 3.15. The Morgan fingerprint density at radius 1 is 0.778 bits per heavy atom. The molecule has 5 rings (SSSR count). The summed E-state index contributed by atoms with van der Waals surface area (Å²) < 4.78 is 0.807. The first-order chi connectivity index (χ1) is 12.8. The Labute approximate surface area is 160 Å². The van der Waals surface area contributed by atoms with Crippen LogP contribution in [-0.2, 0) is 5.41 Å². The molecule has 1 aromatic heterocycles. The quantitative estimate of drug-likeness (QED) is 0.389. The summed E-state index contributed by atoms with van der Waals surface area (Å²) >= 11 is 0. The summed E-state index contributed by atoms with van der Waals surface area (Å²) in [5.41, 5.74) is 6.40. The first kappa shape index (κ1) is 16.5. The standard InChI is InChI=1S/C25H25N2/c1-25(2)21-14-17-9-7-6-8-16(17)13-20(21)24-23-18(10-11-26-24)12-19(15-22(23)25)27(3,4)5/h6-15H,1-5H3/q+1. The Hall–Kier alpha value is -2.71. The minimum atomic E-state index is -0.0706. The van der Waals surface area contributed by atoms with Crippen LogP contribution in [-0.4, -0.2) is 26.1 Å². The van der Waals surface area contributed by atoms with Gasteiger partial charge in [0, 0.05) is 34.7 Å². The van der Waals surface area contributed by atoms with Crippen molar-refractivity contribution in [1.29, 1.82) is 0 Å². The molecule has 0 unspecified atom stereocenters. The number of hydrogen-bond donors (Lipinski definition) is 0. The van der Waals surface area contributed by atoms with E-state index in [-0.39, 0.29) is 5.41 Å². The maximum Gasteiger partial charge on any atom is 0.133 e. The number of hydrogen-bond acceptors (Lipinski definition) is 1. The molecule has 0 aliphatic heterocycles. The maximum atomic E-state index is 4.84. The first-order valence-electron chi connectivity index (χ1n) is 9.56. The molecule has 1 aliphatic rings. The molecule has 0 radical (unpaired) electrons. The Morgan fingerprint density at radius 2 is 1.48 bits per heavy atom. The molecule has 3 aromatic carbocycles. The van der Waals surface area contributed by atoms with Crippen molar-refractivity contribution in [2.45, 2.75) is 19.3 Å². The van der Waals surface area contributed by atoms with Gasteiger partial charge >= 0.3 is 0 Å². The van der Waals surface area contributed by atoms with Crippen LogP contribution in [0.4, 0.5) is 5.69 Å². The van der Waals surface area contributed by atoms with E-state index < -0.39 is 0 Å². The average Bonchev–Trinajstić information content (AvgIpc) is 2.64. The molecule has 2 nitrogen and oxygen atoms in total. The largest absolute Gasteiger partial charge is 0.298 e. The third kappa shape index (κ3) is 2.26. The van der Waals surface area contributed by atoms with Crippen LogP contribution in [0.25, 0.3) is 32.8 Å². The van der Waals surface area contributed by atoms with Gasteiger partial charge < -0.3 is 0 Å². The van der Waals surface area contributed by atoms with Gasteiger partial charge in [-0.2, -0.15) is 0 Å². The maximum absolute atomic E-state index is 4.84. The molecule has 0 bridgehead atoms. The predicted octanol–water partition coefficient (Wildman–Crippen LogP) is 5.89. The van der Waals surface area contributed by atoms with Crippen LogP contribution in [0.1, 0.15) is 25.0 Å². The fourth-order valence-electron chi connectivity index (χ4n) is 4.48. The highest BCUT2D eigenvalue weighted by Gasteiger charge is 2.35. The molecule has 1 aliphatic carbocycles. The lowest BCUT2D eigenvalue weighted by Crippen LogP contribution is -2.35. The fourth-order valence-corrected chi connectivity index (χ4v) is 4.48. The van der Waals surface area contributed by atoms with Crippen LogP contribution >= 0.6 is 0 Å². The Morgan fingerprint density at radius 3 is 2.19 bits per heavy atom. The molecular weight excluding hydrogens is 328 g/mol. The van der Waals surface area contributed by atoms with E-state index in [1.54, 1.807) is 0 Å². The zero-order chi connectivity index (χ0) is 19.0. The lowest BCUT2D eigenvalue weighted by molar-refractivity contribution is 0.485. The summed E-state index contributed by atoms with van der Waals surface area (Å²) in [5, 5.41) is 5.16. The molecular formula is C25H25N2+. The van der Waals surface area contributed by atoms with Crippen molar-refractivity contribution in [3.63, 3.8) is 0 Å². The number of aromatic nitrogens is 1. The van der Waals surface area contributed by atoms with Crippen molar-refractivity contribution < 1.29 is 0 Å². The molecule has 134 valence electrons. The van der Waals surface area contributed by atoms with Crippen LogP contribution in [0.2, 0.25) is 0 Å². The first-order valence-corrected chi connectivity index (χ1v) is 9.56. The van der Waals surface area contributed by atoms with Gasteiger partial charge in [-0.1, -0.05) is 38.1 Å². The molecule has 0 saturated carbocycles. The van der Waals surface area contributed by atoms with Gasteiger partial charge in [0.15, 0.2) is 0 Å². The summed E-state index contributed by atoms with van der Waals surface area (Å²) in [4.78, 5) is 4.84. The summed E-state index contributed by atoms with van der Waals surface area (Å²) in [6, 6.07) is 20.2. The van der Waals surface area contributed by atoms with Crippen LogP contribution in [0.5, 0.6) is 0 Å². The average molecular weight is 353 g/mol. The van der Waals surface area contributed by atoms with Gasteiger partial charge in [-0.15, -0.1) is 0 Å². The predicted molar refractivity (Wildman–Crippen MR) is 116 cm³/mol. The van der Waals surface area contributed by atoms with E-state index in [0.717, 1.165) is 10.2 Å². The lowest BCUT2D eigenvalue weighted by atomic mass is 9.69. The highest BCUT2D eigenvalue weighted by Crippen LogP contribution is 2.50. The molecule has 2 heteroatoms. The van der Waals surface area contributed by atoms with Crippen molar-refractivity contribution in [2.24, 2.45) is 0 Å². The number of pyridine rings is 1. The van der Waals surface area contributed by atoms with E-state index in [0.29, 0.717) is 0 Å². The van der Waals surface area contributed by atoms with E-state index in [1.165, 1.54) is 43.9 Å². The third-order valence-electron chi connectivity index (χ3n) is 6.11. The highest BCUT2D eigenvalue weighted by atomic mass is 15.3. The molecule has 4 aromatic rings. The molecule has 0 spiro atoms. The van der Waals surface area contributed by atoms with Crippen LogP contribution in [0.3, 0.4) is 0 Å². The number of benzene rings is 3. The SMILES string of the molecule is CC1(C)c2cc3ccccc3cc2-c2nccc3cc([N+](C)(C)C)cc1c23. The molecule has 0 saturated heterocycles. The second-order valence-electron chi connectivity index (χ2n) is 9.13. The number of nitrogens with zero attached hydrogens (tertiary/aromatic N) is 2. The normalized spacial score (nSPS) is 15.1. The van der Waals surface area contributed by atoms with Crippen molar-refractivity contribution in [3.05, 3.63) is 71.9 Å². The lowest BCUT2D eigenvalue weighted by Gasteiger charge is -2.36. The van der Waals surface area contributed by atoms with Gasteiger partial charge in [-0.25, -0.2) is 0 Å². The minimum Gasteiger partial charge on any atom is -0.298 e. The topological polar surface area (TPSA) is 12.9 Å². The fraction of sp³-hybridized carbons (Fsp3) is 0.240. The van der Waals surface area contributed by atoms with Crippen molar-refractivity contribution in [1.82, 2.24) is 9.47 Å². The molecule has 0 amide bonds. The molecule has 0 fully saturated rings. The second kappa shape index (κ2) is 5.17. The van der Waals surface area contributed by atoms with Crippen LogP contribution in [0.15, 0.2) is 60.8 Å². The monoisotopic (exact) mass is 353 g/mol. The van der Waals surface area contributed by atoms with E-state index in [2.05, 4.69) is 89.6 Å². The van der Waals surface area contributed by atoms with E-state index >= 15 is 0 Å². The van der Waals surface area contributed by atoms with Crippen molar-refractivity contribution >= 4 is 27.2 Å². The zero-order valence-corrected chi connectivity index (χ0v) is 16.7. The summed E-state index contributed by atoms with van der Waals surface area (Å²) in [7, 11) is 6.69. The summed E-state index contributed by atoms with van der Waals surface area (Å²) in [6.07, 6.45) is 1.96. The minimum absolute atomic E-state index is 0.0706. The van der Waals surface area contributed by atoms with E-state index in [4.69, 9.17) is 4.98 Å². The van der Waals surface area contributed by atoms with Crippen molar-refractivity contribution in [3.8, 4) is 11.3 Å². The number of fused-ring (bicyclic) bond motifs is 3. The van der Waals surface area contributed by atoms with Crippen LogP contribution in [0, 0.1) is 0 Å². The Bertz CT molecular complexity index is 1230. The zero-order valence-electron chi connectivity index (χ0n) is 16.7. The van der Waals surface area contributed by atoms with Gasteiger partial charge in [0.1, 0.15) is 5.69 Å². The van der Waals surface area contributed by atoms with Gasteiger partial charge in [0.25, 0.3) is 0 Å². The molecule has 0 atom stereocenters. The molecule has 27 heavy (non-hydrogen) atoms. The molecule has 1 heterocycles. The summed E-state index contributed by atoms with van der Waals surface area (Å²) in [6.45, 7) is 4.70. The number of rotatable bonds is 1. The second-order valence-corrected chi connectivity index (χ2v) is 9.13. The van der Waals surface area contributed by atoms with Gasteiger partial charge in [-0.05, 0) is 45.5 Å². The van der Waals surface area contributed by atoms with Gasteiger partial charge in [-0.3, -0.25) is 9.47 Å². The van der Waals surface area contributed by atoms with E-state index in [1.807, 2.05) is 6.20 Å². The van der Waals surface area contributed by atoms with Gasteiger partial charge in [0.05, 0.1) is 26.8 Å². The molecule has 0 N–H and O–H groups in total.